The third kappa shape index (κ3) is 3.84. The fraction of sp³-hybridized carbons (Fsp3) is 0.263. The highest BCUT2D eigenvalue weighted by atomic mass is 32.2. The number of alkyl carbamates (subject to hydrolysis) is 1. The average Bonchev–Trinajstić information content (AvgIpc) is 2.97. The van der Waals surface area contributed by atoms with Gasteiger partial charge in [0.15, 0.2) is 0 Å². The van der Waals surface area contributed by atoms with Gasteiger partial charge in [-0.15, -0.1) is 11.8 Å². The Labute approximate surface area is 155 Å². The number of thioether (sulfide) groups is 1. The van der Waals surface area contributed by atoms with E-state index in [0.29, 0.717) is 0 Å². The lowest BCUT2D eigenvalue weighted by atomic mass is 9.98. The molecule has 0 heterocycles. The standard InChI is InChI=1S/C19H20N2O4S/c20-11-26-10-17(18(22)23)21-19(24)25-9-16-14-7-3-1-5-12(14)13-6-2-4-8-15(13)16/h1-8,16-17H,9-11,20H2,(H,21,24)(H,22,23)/t17-/m0/s1. The number of carbonyl (C=O) groups excluding carboxylic acids is 1. The first kappa shape index (κ1) is 18.3. The zero-order valence-corrected chi connectivity index (χ0v) is 14.9. The van der Waals surface area contributed by atoms with Gasteiger partial charge >= 0.3 is 12.1 Å². The van der Waals surface area contributed by atoms with E-state index in [1.807, 2.05) is 36.4 Å². The molecule has 0 bridgehead atoms. The van der Waals surface area contributed by atoms with Crippen molar-refractivity contribution in [3.8, 4) is 11.1 Å². The van der Waals surface area contributed by atoms with Crippen molar-refractivity contribution in [2.24, 2.45) is 5.73 Å². The number of benzene rings is 2. The van der Waals surface area contributed by atoms with Crippen LogP contribution < -0.4 is 11.1 Å². The second-order valence-corrected chi connectivity index (χ2v) is 6.97. The first-order valence-electron chi connectivity index (χ1n) is 8.24. The summed E-state index contributed by atoms with van der Waals surface area (Å²) in [5.74, 6) is -0.694. The highest BCUT2D eigenvalue weighted by Crippen LogP contribution is 2.44. The molecule has 26 heavy (non-hydrogen) atoms. The number of ether oxygens (including phenoxy) is 1. The highest BCUT2D eigenvalue weighted by Gasteiger charge is 2.29. The fourth-order valence-electron chi connectivity index (χ4n) is 3.14. The van der Waals surface area contributed by atoms with E-state index in [1.54, 1.807) is 0 Å². The van der Waals surface area contributed by atoms with E-state index in [2.05, 4.69) is 17.4 Å². The van der Waals surface area contributed by atoms with Gasteiger partial charge in [-0.1, -0.05) is 48.5 Å². The van der Waals surface area contributed by atoms with Crippen molar-refractivity contribution in [2.45, 2.75) is 12.0 Å². The molecule has 6 nitrogen and oxygen atoms in total. The second-order valence-electron chi connectivity index (χ2n) is 5.90. The lowest BCUT2D eigenvalue weighted by Gasteiger charge is -2.17. The first-order valence-corrected chi connectivity index (χ1v) is 9.39. The number of hydrogen-bond donors (Lipinski definition) is 3. The number of carbonyl (C=O) groups is 2. The Balaban J connectivity index is 1.68. The van der Waals surface area contributed by atoms with Gasteiger partial charge in [0, 0.05) is 17.5 Å². The second kappa shape index (κ2) is 8.25. The molecular formula is C19H20N2O4S. The lowest BCUT2D eigenvalue weighted by Crippen LogP contribution is -2.43. The smallest absolute Gasteiger partial charge is 0.407 e. The van der Waals surface area contributed by atoms with Crippen LogP contribution in [0.15, 0.2) is 48.5 Å². The maximum Gasteiger partial charge on any atom is 0.407 e. The molecule has 2 aromatic carbocycles. The number of fused-ring (bicyclic) bond motifs is 3. The summed E-state index contributed by atoms with van der Waals surface area (Å²) in [7, 11) is 0. The van der Waals surface area contributed by atoms with E-state index < -0.39 is 18.1 Å². The van der Waals surface area contributed by atoms with Crippen LogP contribution >= 0.6 is 11.8 Å². The normalized spacial score (nSPS) is 13.6. The number of carboxylic acid groups (broad SMARTS) is 1. The zero-order valence-electron chi connectivity index (χ0n) is 14.1. The molecule has 0 radical (unpaired) electrons. The molecule has 0 unspecified atom stereocenters. The summed E-state index contributed by atoms with van der Waals surface area (Å²) < 4.78 is 5.35. The van der Waals surface area contributed by atoms with Gasteiger partial charge in [0.1, 0.15) is 12.6 Å². The maximum atomic E-state index is 12.1. The third-order valence-electron chi connectivity index (χ3n) is 4.34. The Bertz CT molecular complexity index is 766. The molecule has 7 heteroatoms. The largest absolute Gasteiger partial charge is 0.480 e. The van der Waals surface area contributed by atoms with Crippen LogP contribution in [-0.2, 0) is 9.53 Å². The molecule has 1 aliphatic rings. The topological polar surface area (TPSA) is 102 Å². The van der Waals surface area contributed by atoms with Crippen LogP contribution in [0.5, 0.6) is 0 Å². The Morgan fingerprint density at radius 3 is 2.23 bits per heavy atom. The molecular weight excluding hydrogens is 352 g/mol. The molecule has 0 aliphatic heterocycles. The molecule has 1 atom stereocenters. The molecule has 1 amide bonds. The first-order chi connectivity index (χ1) is 12.6. The van der Waals surface area contributed by atoms with Crippen molar-refractivity contribution < 1.29 is 19.4 Å². The summed E-state index contributed by atoms with van der Waals surface area (Å²) >= 11 is 1.24. The van der Waals surface area contributed by atoms with Crippen LogP contribution in [0.2, 0.25) is 0 Å². The number of rotatable bonds is 7. The van der Waals surface area contributed by atoms with E-state index in [0.717, 1.165) is 22.3 Å². The van der Waals surface area contributed by atoms with E-state index in [1.165, 1.54) is 11.8 Å². The van der Waals surface area contributed by atoms with Crippen LogP contribution in [0.1, 0.15) is 17.0 Å². The lowest BCUT2D eigenvalue weighted by molar-refractivity contribution is -0.138. The minimum absolute atomic E-state index is 0.0603. The van der Waals surface area contributed by atoms with Gasteiger partial charge in [0.05, 0.1) is 0 Å². The Hall–Kier alpha value is -2.51. The predicted octanol–water partition coefficient (Wildman–Crippen LogP) is 2.63. The van der Waals surface area contributed by atoms with Crippen LogP contribution in [0.3, 0.4) is 0 Å². The summed E-state index contributed by atoms with van der Waals surface area (Å²) in [6.45, 7) is 0.149. The molecule has 0 spiro atoms. The van der Waals surface area contributed by atoms with Crippen molar-refractivity contribution in [1.29, 1.82) is 0 Å². The number of amides is 1. The average molecular weight is 372 g/mol. The third-order valence-corrected chi connectivity index (χ3v) is 5.14. The van der Waals surface area contributed by atoms with E-state index >= 15 is 0 Å². The number of nitrogens with two attached hydrogens (primary N) is 1. The Kier molecular flexibility index (Phi) is 5.80. The summed E-state index contributed by atoms with van der Waals surface area (Å²) in [6, 6.07) is 15.0. The van der Waals surface area contributed by atoms with Gasteiger partial charge in [-0.2, -0.15) is 0 Å². The van der Waals surface area contributed by atoms with Crippen molar-refractivity contribution in [2.75, 3.05) is 18.2 Å². The van der Waals surface area contributed by atoms with E-state index in [9.17, 15) is 9.59 Å². The van der Waals surface area contributed by atoms with Gasteiger partial charge in [-0.05, 0) is 22.3 Å². The van der Waals surface area contributed by atoms with Crippen molar-refractivity contribution in [3.63, 3.8) is 0 Å². The van der Waals surface area contributed by atoms with Crippen LogP contribution in [0, 0.1) is 0 Å². The number of hydrogen-bond acceptors (Lipinski definition) is 5. The summed E-state index contributed by atoms with van der Waals surface area (Å²) in [5.41, 5.74) is 9.86. The van der Waals surface area contributed by atoms with Crippen molar-refractivity contribution in [1.82, 2.24) is 5.32 Å². The van der Waals surface area contributed by atoms with Gasteiger partial charge in [0.25, 0.3) is 0 Å². The number of carboxylic acids is 1. The van der Waals surface area contributed by atoms with Crippen molar-refractivity contribution in [3.05, 3.63) is 59.7 Å². The summed E-state index contributed by atoms with van der Waals surface area (Å²) in [5, 5.41) is 11.6. The van der Waals surface area contributed by atoms with Crippen LogP contribution in [0.4, 0.5) is 4.79 Å². The quantitative estimate of drug-likeness (QED) is 0.646. The Morgan fingerprint density at radius 2 is 1.69 bits per heavy atom. The molecule has 0 fully saturated rings. The van der Waals surface area contributed by atoms with Crippen LogP contribution in [0.25, 0.3) is 11.1 Å². The monoisotopic (exact) mass is 372 g/mol. The summed E-state index contributed by atoms with van der Waals surface area (Å²) in [4.78, 5) is 23.3. The molecule has 0 saturated heterocycles. The maximum absolute atomic E-state index is 12.1. The summed E-state index contributed by atoms with van der Waals surface area (Å²) in [6.07, 6.45) is -0.739. The molecule has 1 aliphatic carbocycles. The minimum Gasteiger partial charge on any atom is -0.480 e. The molecule has 0 aromatic heterocycles. The molecule has 0 saturated carbocycles. The highest BCUT2D eigenvalue weighted by molar-refractivity contribution is 7.99. The SMILES string of the molecule is NCSC[C@H](NC(=O)OCC1c2ccccc2-c2ccccc21)C(=O)O. The number of nitrogens with one attached hydrogen (secondary N) is 1. The fourth-order valence-corrected chi connectivity index (χ4v) is 3.74. The van der Waals surface area contributed by atoms with Gasteiger partial charge < -0.3 is 20.9 Å². The van der Waals surface area contributed by atoms with Crippen molar-refractivity contribution >= 4 is 23.8 Å². The molecule has 2 aromatic rings. The van der Waals surface area contributed by atoms with Gasteiger partial charge in [0.2, 0.25) is 0 Å². The zero-order chi connectivity index (χ0) is 18.5. The molecule has 136 valence electrons. The minimum atomic E-state index is -1.11. The van der Waals surface area contributed by atoms with E-state index in [4.69, 9.17) is 15.6 Å². The Morgan fingerprint density at radius 1 is 1.12 bits per heavy atom. The molecule has 3 rings (SSSR count). The number of aliphatic carboxylic acids is 1. The predicted molar refractivity (Wildman–Crippen MR) is 101 cm³/mol. The van der Waals surface area contributed by atoms with E-state index in [-0.39, 0.29) is 24.2 Å². The van der Waals surface area contributed by atoms with Crippen LogP contribution in [-0.4, -0.2) is 41.4 Å². The van der Waals surface area contributed by atoms with Gasteiger partial charge in [-0.25, -0.2) is 9.59 Å². The molecule has 4 N–H and O–H groups in total. The van der Waals surface area contributed by atoms with Gasteiger partial charge in [-0.3, -0.25) is 0 Å².